The Morgan fingerprint density at radius 3 is 2.29 bits per heavy atom. The van der Waals surface area contributed by atoms with Crippen LogP contribution in [0.15, 0.2) is 16.3 Å². The van der Waals surface area contributed by atoms with Crippen molar-refractivity contribution in [2.45, 2.75) is 43.7 Å². The molecule has 5 nitrogen and oxygen atoms in total. The molecule has 1 aromatic heterocycles. The zero-order valence-electron chi connectivity index (χ0n) is 14.2. The van der Waals surface area contributed by atoms with Crippen molar-refractivity contribution in [3.8, 4) is 0 Å². The van der Waals surface area contributed by atoms with Gasteiger partial charge in [0.25, 0.3) is 10.0 Å². The summed E-state index contributed by atoms with van der Waals surface area (Å²) >= 11 is 6.92. The Morgan fingerprint density at radius 2 is 1.83 bits per heavy atom. The lowest BCUT2D eigenvalue weighted by atomic mass is 9.96. The van der Waals surface area contributed by atoms with Crippen molar-refractivity contribution in [3.63, 3.8) is 0 Å². The molecule has 0 N–H and O–H groups in total. The molecule has 24 heavy (non-hydrogen) atoms. The molecule has 1 amide bonds. The van der Waals surface area contributed by atoms with Gasteiger partial charge in [0.2, 0.25) is 5.91 Å². The first kappa shape index (κ1) is 19.7. The lowest BCUT2D eigenvalue weighted by Crippen LogP contribution is -2.44. The summed E-state index contributed by atoms with van der Waals surface area (Å²) < 4.78 is 27.4. The molecule has 0 bridgehead atoms. The van der Waals surface area contributed by atoms with Crippen LogP contribution in [0.25, 0.3) is 0 Å². The van der Waals surface area contributed by atoms with Crippen LogP contribution in [-0.4, -0.2) is 49.7 Å². The minimum atomic E-state index is -3.49. The van der Waals surface area contributed by atoms with Gasteiger partial charge >= 0.3 is 0 Å². The highest BCUT2D eigenvalue weighted by atomic mass is 35.5. The number of hydrogen-bond acceptors (Lipinski definition) is 4. The molecular weight excluding hydrogens is 368 g/mol. The van der Waals surface area contributed by atoms with Gasteiger partial charge in [0.05, 0.1) is 4.34 Å². The molecule has 2 heterocycles. The minimum Gasteiger partial charge on any atom is -0.342 e. The first-order valence-corrected chi connectivity index (χ1v) is 11.1. The molecule has 0 radical (unpaired) electrons. The van der Waals surface area contributed by atoms with Gasteiger partial charge in [-0.15, -0.1) is 11.3 Å². The van der Waals surface area contributed by atoms with E-state index in [2.05, 4.69) is 13.8 Å². The fraction of sp³-hybridized carbons (Fsp3) is 0.688. The van der Waals surface area contributed by atoms with Crippen LogP contribution < -0.4 is 0 Å². The number of piperidine rings is 1. The van der Waals surface area contributed by atoms with E-state index in [0.29, 0.717) is 30.3 Å². The smallest absolute Gasteiger partial charge is 0.252 e. The summed E-state index contributed by atoms with van der Waals surface area (Å²) in [7, 11) is -3.49. The molecule has 136 valence electrons. The van der Waals surface area contributed by atoms with Crippen LogP contribution in [0.2, 0.25) is 4.34 Å². The van der Waals surface area contributed by atoms with E-state index in [1.54, 1.807) is 12.1 Å². The molecule has 0 aromatic carbocycles. The number of rotatable bonds is 7. The molecule has 0 spiro atoms. The van der Waals surface area contributed by atoms with Crippen LogP contribution in [0.1, 0.15) is 39.5 Å². The van der Waals surface area contributed by atoms with Gasteiger partial charge in [-0.1, -0.05) is 25.4 Å². The molecule has 1 aliphatic heterocycles. The largest absolute Gasteiger partial charge is 0.342 e. The van der Waals surface area contributed by atoms with Gasteiger partial charge in [-0.3, -0.25) is 4.79 Å². The van der Waals surface area contributed by atoms with Gasteiger partial charge in [0.15, 0.2) is 0 Å². The number of halogens is 1. The van der Waals surface area contributed by atoms with Crippen molar-refractivity contribution in [2.75, 3.05) is 26.2 Å². The van der Waals surface area contributed by atoms with Crippen molar-refractivity contribution in [1.82, 2.24) is 9.21 Å². The molecular formula is C16H25ClN2O3S2. The average molecular weight is 393 g/mol. The summed E-state index contributed by atoms with van der Waals surface area (Å²) in [5, 5.41) is 0. The lowest BCUT2D eigenvalue weighted by Gasteiger charge is -2.33. The number of nitrogens with zero attached hydrogens (tertiary/aromatic N) is 2. The first-order valence-electron chi connectivity index (χ1n) is 8.44. The van der Waals surface area contributed by atoms with Crippen molar-refractivity contribution in [3.05, 3.63) is 16.5 Å². The fourth-order valence-electron chi connectivity index (χ4n) is 3.04. The summed E-state index contributed by atoms with van der Waals surface area (Å²) in [4.78, 5) is 14.6. The molecule has 0 saturated carbocycles. The van der Waals surface area contributed by atoms with Gasteiger partial charge in [-0.25, -0.2) is 8.42 Å². The van der Waals surface area contributed by atoms with Gasteiger partial charge in [-0.2, -0.15) is 4.31 Å². The van der Waals surface area contributed by atoms with E-state index in [1.807, 2.05) is 4.90 Å². The average Bonchev–Trinajstić information content (AvgIpc) is 3.01. The molecule has 1 aliphatic rings. The SMILES string of the molecule is CCCN(CCC)C(=O)C1CCN(S(=O)(=O)c2ccc(Cl)s2)CC1. The quantitative estimate of drug-likeness (QED) is 0.714. The highest BCUT2D eigenvalue weighted by molar-refractivity contribution is 7.91. The van der Waals surface area contributed by atoms with E-state index < -0.39 is 10.0 Å². The van der Waals surface area contributed by atoms with E-state index in [-0.39, 0.29) is 16.0 Å². The number of carbonyl (C=O) groups is 1. The maximum absolute atomic E-state index is 12.7. The number of hydrogen-bond donors (Lipinski definition) is 0. The zero-order chi connectivity index (χ0) is 17.7. The predicted molar refractivity (Wildman–Crippen MR) is 98.0 cm³/mol. The predicted octanol–water partition coefficient (Wildman–Crippen LogP) is 3.45. The van der Waals surface area contributed by atoms with E-state index >= 15 is 0 Å². The molecule has 1 fully saturated rings. The molecule has 8 heteroatoms. The second-order valence-electron chi connectivity index (χ2n) is 6.06. The van der Waals surface area contributed by atoms with Crippen molar-refractivity contribution >= 4 is 38.9 Å². The Hall–Kier alpha value is -0.630. The van der Waals surface area contributed by atoms with Crippen molar-refractivity contribution in [2.24, 2.45) is 5.92 Å². The maximum Gasteiger partial charge on any atom is 0.252 e. The van der Waals surface area contributed by atoms with Gasteiger partial charge in [0, 0.05) is 32.1 Å². The normalized spacial score (nSPS) is 17.1. The summed E-state index contributed by atoms with van der Waals surface area (Å²) in [6.45, 7) is 6.47. The summed E-state index contributed by atoms with van der Waals surface area (Å²) in [6.07, 6.45) is 3.05. The van der Waals surface area contributed by atoms with Crippen LogP contribution >= 0.6 is 22.9 Å². The van der Waals surface area contributed by atoms with Gasteiger partial charge in [0.1, 0.15) is 4.21 Å². The van der Waals surface area contributed by atoms with Gasteiger partial charge < -0.3 is 4.90 Å². The van der Waals surface area contributed by atoms with E-state index in [9.17, 15) is 13.2 Å². The lowest BCUT2D eigenvalue weighted by molar-refractivity contribution is -0.136. The molecule has 2 rings (SSSR count). The number of sulfonamides is 1. The number of thiophene rings is 1. The van der Waals surface area contributed by atoms with Crippen LogP contribution in [0.4, 0.5) is 0 Å². The van der Waals surface area contributed by atoms with Crippen molar-refractivity contribution in [1.29, 1.82) is 0 Å². The van der Waals surface area contributed by atoms with Crippen LogP contribution in [0.3, 0.4) is 0 Å². The topological polar surface area (TPSA) is 57.7 Å². The van der Waals surface area contributed by atoms with E-state index in [1.165, 1.54) is 4.31 Å². The van der Waals surface area contributed by atoms with E-state index in [4.69, 9.17) is 11.6 Å². The second-order valence-corrected chi connectivity index (χ2v) is 9.94. The minimum absolute atomic E-state index is 0.0681. The molecule has 0 aliphatic carbocycles. The molecule has 0 atom stereocenters. The van der Waals surface area contributed by atoms with Gasteiger partial charge in [-0.05, 0) is 37.8 Å². The van der Waals surface area contributed by atoms with Crippen LogP contribution in [-0.2, 0) is 14.8 Å². The summed E-state index contributed by atoms with van der Waals surface area (Å²) in [6, 6.07) is 3.15. The monoisotopic (exact) mass is 392 g/mol. The summed E-state index contributed by atoms with van der Waals surface area (Å²) in [5.41, 5.74) is 0. The first-order chi connectivity index (χ1) is 11.4. The highest BCUT2D eigenvalue weighted by Crippen LogP contribution is 2.31. The summed E-state index contributed by atoms with van der Waals surface area (Å²) in [5.74, 6) is 0.108. The third-order valence-electron chi connectivity index (χ3n) is 4.24. The standard InChI is InChI=1S/C16H25ClN2O3S2/c1-3-9-18(10-4-2)16(20)13-7-11-19(12-8-13)24(21,22)15-6-5-14(17)23-15/h5-6,13H,3-4,7-12H2,1-2H3. The van der Waals surface area contributed by atoms with Crippen molar-refractivity contribution < 1.29 is 13.2 Å². The molecule has 1 saturated heterocycles. The van der Waals surface area contributed by atoms with Crippen LogP contribution in [0, 0.1) is 5.92 Å². The maximum atomic E-state index is 12.7. The molecule has 0 unspecified atom stereocenters. The Balaban J connectivity index is 1.99. The van der Waals surface area contributed by atoms with Crippen LogP contribution in [0.5, 0.6) is 0 Å². The highest BCUT2D eigenvalue weighted by Gasteiger charge is 2.34. The zero-order valence-corrected chi connectivity index (χ0v) is 16.6. The second kappa shape index (κ2) is 8.65. The number of amides is 1. The third kappa shape index (κ3) is 4.50. The molecule has 1 aromatic rings. The Kier molecular flexibility index (Phi) is 7.10. The third-order valence-corrected chi connectivity index (χ3v) is 7.84. The Labute approximate surface area is 153 Å². The Morgan fingerprint density at radius 1 is 1.25 bits per heavy atom. The Bertz CT molecular complexity index is 646. The van der Waals surface area contributed by atoms with E-state index in [0.717, 1.165) is 37.3 Å². The fourth-order valence-corrected chi connectivity index (χ4v) is 6.14. The number of carbonyl (C=O) groups excluding carboxylic acids is 1.